The van der Waals surface area contributed by atoms with Gasteiger partial charge in [0, 0.05) is 49.3 Å². The number of H-pyrrole nitrogens is 1. The van der Waals surface area contributed by atoms with Crippen molar-refractivity contribution < 1.29 is 4.79 Å². The summed E-state index contributed by atoms with van der Waals surface area (Å²) in [6.45, 7) is 2.43. The lowest BCUT2D eigenvalue weighted by Gasteiger charge is -2.26. The molecular weight excluding hydrogens is 300 g/mol. The number of hydrogen-bond donors (Lipinski definition) is 2. The van der Waals surface area contributed by atoms with Crippen LogP contribution in [-0.4, -0.2) is 34.1 Å². The van der Waals surface area contributed by atoms with Crippen LogP contribution in [0, 0.1) is 0 Å². The number of hydrogen-bond acceptors (Lipinski definition) is 3. The van der Waals surface area contributed by atoms with Crippen molar-refractivity contribution in [1.29, 1.82) is 0 Å². The number of carbonyl (C=O) groups is 1. The summed E-state index contributed by atoms with van der Waals surface area (Å²) >= 11 is 0. The molecule has 1 aliphatic rings. The van der Waals surface area contributed by atoms with E-state index in [1.807, 2.05) is 0 Å². The van der Waals surface area contributed by atoms with Gasteiger partial charge in [-0.2, -0.15) is 5.10 Å². The highest BCUT2D eigenvalue weighted by atomic mass is 16.1. The molecule has 3 N–H and O–H groups in total. The molecule has 0 bridgehead atoms. The maximum absolute atomic E-state index is 11.0. The van der Waals surface area contributed by atoms with Crippen molar-refractivity contribution in [1.82, 2.24) is 15.1 Å². The second-order valence-electron chi connectivity index (χ2n) is 6.30. The van der Waals surface area contributed by atoms with Gasteiger partial charge in [-0.05, 0) is 10.8 Å². The normalized spacial score (nSPS) is 14.7. The highest BCUT2D eigenvalue weighted by molar-refractivity contribution is 5.96. The van der Waals surface area contributed by atoms with E-state index in [1.165, 1.54) is 22.0 Å². The van der Waals surface area contributed by atoms with E-state index < -0.39 is 0 Å². The van der Waals surface area contributed by atoms with E-state index >= 15 is 0 Å². The number of aromatic nitrogens is 2. The summed E-state index contributed by atoms with van der Waals surface area (Å²) in [6, 6.07) is 14.7. The Morgan fingerprint density at radius 1 is 1.21 bits per heavy atom. The van der Waals surface area contributed by atoms with Crippen molar-refractivity contribution in [3.63, 3.8) is 0 Å². The topological polar surface area (TPSA) is 75.0 Å². The maximum atomic E-state index is 11.0. The number of aromatic amines is 1. The van der Waals surface area contributed by atoms with Crippen molar-refractivity contribution in [2.45, 2.75) is 19.4 Å². The van der Waals surface area contributed by atoms with Gasteiger partial charge in [0.05, 0.1) is 5.69 Å². The Morgan fingerprint density at radius 3 is 2.92 bits per heavy atom. The van der Waals surface area contributed by atoms with Gasteiger partial charge in [0.1, 0.15) is 0 Å². The van der Waals surface area contributed by atoms with Gasteiger partial charge in [-0.15, -0.1) is 0 Å². The number of nitrogens with zero attached hydrogens (tertiary/aromatic N) is 2. The molecule has 5 nitrogen and oxygen atoms in total. The van der Waals surface area contributed by atoms with Gasteiger partial charge in [0.15, 0.2) is 0 Å². The average Bonchev–Trinajstić information content (AvgIpc) is 3.02. The molecule has 122 valence electrons. The lowest BCUT2D eigenvalue weighted by molar-refractivity contribution is -0.118. The van der Waals surface area contributed by atoms with Crippen LogP contribution in [0.2, 0.25) is 0 Å². The molecule has 1 amide bonds. The third-order valence-corrected chi connectivity index (χ3v) is 4.73. The maximum Gasteiger partial charge on any atom is 0.218 e. The molecule has 2 heterocycles. The SMILES string of the molecule is NC(=O)CCN1CCc2[nH]nc(-c3cccc4ccccc34)c2C1. The first-order valence-corrected chi connectivity index (χ1v) is 8.27. The minimum absolute atomic E-state index is 0.248. The highest BCUT2D eigenvalue weighted by Crippen LogP contribution is 2.33. The molecule has 2 aromatic carbocycles. The Labute approximate surface area is 140 Å². The first-order valence-electron chi connectivity index (χ1n) is 8.27. The van der Waals surface area contributed by atoms with Crippen molar-refractivity contribution >= 4 is 16.7 Å². The number of benzene rings is 2. The molecule has 0 radical (unpaired) electrons. The number of carbonyl (C=O) groups excluding carboxylic acids is 1. The Morgan fingerprint density at radius 2 is 2.04 bits per heavy atom. The molecule has 0 unspecified atom stereocenters. The van der Waals surface area contributed by atoms with E-state index in [-0.39, 0.29) is 5.91 Å². The summed E-state index contributed by atoms with van der Waals surface area (Å²) in [7, 11) is 0. The molecule has 4 rings (SSSR count). The Bertz CT molecular complexity index is 894. The minimum Gasteiger partial charge on any atom is -0.370 e. The molecule has 3 aromatic rings. The standard InChI is InChI=1S/C19H20N4O/c20-18(24)9-11-23-10-8-17-16(12-23)19(22-21-17)15-7-3-5-13-4-1-2-6-14(13)15/h1-7H,8-12H2,(H2,20,24)(H,21,22). The number of nitrogens with one attached hydrogen (secondary N) is 1. The predicted octanol–water partition coefficient (Wildman–Crippen LogP) is 2.46. The van der Waals surface area contributed by atoms with E-state index in [0.29, 0.717) is 13.0 Å². The van der Waals surface area contributed by atoms with Crippen LogP contribution >= 0.6 is 0 Å². The molecule has 0 saturated carbocycles. The van der Waals surface area contributed by atoms with Crippen LogP contribution in [0.25, 0.3) is 22.0 Å². The number of fused-ring (bicyclic) bond motifs is 2. The summed E-state index contributed by atoms with van der Waals surface area (Å²) in [5.41, 5.74) is 9.90. The molecule has 1 aromatic heterocycles. The Hall–Kier alpha value is -2.66. The lowest BCUT2D eigenvalue weighted by Crippen LogP contribution is -2.33. The molecule has 0 aliphatic carbocycles. The van der Waals surface area contributed by atoms with Gasteiger partial charge in [-0.1, -0.05) is 42.5 Å². The van der Waals surface area contributed by atoms with Crippen LogP contribution in [0.4, 0.5) is 0 Å². The van der Waals surface area contributed by atoms with Crippen LogP contribution < -0.4 is 5.73 Å². The minimum atomic E-state index is -0.248. The smallest absolute Gasteiger partial charge is 0.218 e. The second kappa shape index (κ2) is 6.09. The third-order valence-electron chi connectivity index (χ3n) is 4.73. The third kappa shape index (κ3) is 2.67. The van der Waals surface area contributed by atoms with Crippen LogP contribution in [0.3, 0.4) is 0 Å². The number of nitrogens with two attached hydrogens (primary N) is 1. The van der Waals surface area contributed by atoms with Gasteiger partial charge in [-0.3, -0.25) is 14.8 Å². The summed E-state index contributed by atoms with van der Waals surface area (Å²) in [4.78, 5) is 13.3. The fourth-order valence-electron chi connectivity index (χ4n) is 3.46. The van der Waals surface area contributed by atoms with E-state index in [2.05, 4.69) is 57.6 Å². The van der Waals surface area contributed by atoms with Gasteiger partial charge in [0.25, 0.3) is 0 Å². The fourth-order valence-corrected chi connectivity index (χ4v) is 3.46. The zero-order valence-electron chi connectivity index (χ0n) is 13.5. The fraction of sp³-hybridized carbons (Fsp3) is 0.263. The lowest BCUT2D eigenvalue weighted by atomic mass is 9.97. The summed E-state index contributed by atoms with van der Waals surface area (Å²) in [6.07, 6.45) is 1.32. The Balaban J connectivity index is 1.71. The van der Waals surface area contributed by atoms with Crippen LogP contribution in [0.15, 0.2) is 42.5 Å². The van der Waals surface area contributed by atoms with E-state index in [1.54, 1.807) is 0 Å². The van der Waals surface area contributed by atoms with Crippen molar-refractivity contribution in [2.75, 3.05) is 13.1 Å². The zero-order chi connectivity index (χ0) is 16.5. The monoisotopic (exact) mass is 320 g/mol. The van der Waals surface area contributed by atoms with Gasteiger partial charge >= 0.3 is 0 Å². The quantitative estimate of drug-likeness (QED) is 0.775. The molecule has 0 atom stereocenters. The zero-order valence-corrected chi connectivity index (χ0v) is 13.5. The van der Waals surface area contributed by atoms with Crippen LogP contribution in [0.1, 0.15) is 17.7 Å². The molecule has 0 spiro atoms. The molecule has 0 fully saturated rings. The molecule has 5 heteroatoms. The van der Waals surface area contributed by atoms with E-state index in [4.69, 9.17) is 5.73 Å². The van der Waals surface area contributed by atoms with Crippen molar-refractivity contribution in [2.24, 2.45) is 5.73 Å². The number of amides is 1. The molecule has 1 aliphatic heterocycles. The van der Waals surface area contributed by atoms with E-state index in [0.717, 1.165) is 30.8 Å². The number of rotatable bonds is 4. The predicted molar refractivity (Wildman–Crippen MR) is 94.3 cm³/mol. The van der Waals surface area contributed by atoms with Gasteiger partial charge < -0.3 is 5.73 Å². The van der Waals surface area contributed by atoms with Crippen LogP contribution in [0.5, 0.6) is 0 Å². The molecule has 0 saturated heterocycles. The molecular formula is C19H20N4O. The Kier molecular flexibility index (Phi) is 3.78. The second-order valence-corrected chi connectivity index (χ2v) is 6.30. The van der Waals surface area contributed by atoms with Gasteiger partial charge in [-0.25, -0.2) is 0 Å². The molecule has 24 heavy (non-hydrogen) atoms. The van der Waals surface area contributed by atoms with Gasteiger partial charge in [0.2, 0.25) is 5.91 Å². The van der Waals surface area contributed by atoms with E-state index in [9.17, 15) is 4.79 Å². The van der Waals surface area contributed by atoms with Crippen LogP contribution in [-0.2, 0) is 17.8 Å². The first-order chi connectivity index (χ1) is 11.7. The van der Waals surface area contributed by atoms with Crippen molar-refractivity contribution in [3.8, 4) is 11.3 Å². The number of primary amides is 1. The largest absolute Gasteiger partial charge is 0.370 e. The summed E-state index contributed by atoms with van der Waals surface area (Å²) in [5, 5.41) is 10.2. The van der Waals surface area contributed by atoms with Crippen molar-refractivity contribution in [3.05, 3.63) is 53.7 Å². The average molecular weight is 320 g/mol. The summed E-state index contributed by atoms with van der Waals surface area (Å²) < 4.78 is 0. The summed E-state index contributed by atoms with van der Waals surface area (Å²) in [5.74, 6) is -0.248. The first kappa shape index (κ1) is 14.9. The highest BCUT2D eigenvalue weighted by Gasteiger charge is 2.23.